The van der Waals surface area contributed by atoms with E-state index in [1.54, 1.807) is 47.3 Å². The van der Waals surface area contributed by atoms with Crippen LogP contribution in [0.5, 0.6) is 0 Å². The van der Waals surface area contributed by atoms with Gasteiger partial charge in [0.05, 0.1) is 6.04 Å². The summed E-state index contributed by atoms with van der Waals surface area (Å²) < 4.78 is 0. The molecule has 1 saturated heterocycles. The lowest BCUT2D eigenvalue weighted by Crippen LogP contribution is -2.34. The minimum absolute atomic E-state index is 0.0621. The van der Waals surface area contributed by atoms with Gasteiger partial charge in [-0.25, -0.2) is 9.78 Å². The molecule has 1 aliphatic heterocycles. The molecule has 1 fully saturated rings. The van der Waals surface area contributed by atoms with Crippen LogP contribution in [-0.2, 0) is 6.42 Å². The Balaban J connectivity index is 1.97. The molecule has 2 heterocycles. The zero-order valence-corrected chi connectivity index (χ0v) is 15.7. The number of rotatable bonds is 4. The van der Waals surface area contributed by atoms with Gasteiger partial charge in [-0.05, 0) is 37.6 Å². The van der Waals surface area contributed by atoms with Crippen molar-refractivity contribution in [3.8, 4) is 0 Å². The standard InChI is InChI=1S/C19H21ClN4O2/c1-4-15-16(20)8-9-22-17(15)23-11-12(2)24(19(23)26)14-7-5-6-13(10-14)18(25)21-3/h5-10,12H,4,11H2,1-3H3,(H,21,25)/t12-/m0/s1. The maximum atomic E-state index is 13.1. The number of benzene rings is 1. The molecule has 136 valence electrons. The van der Waals surface area contributed by atoms with Gasteiger partial charge in [0, 0.05) is 41.6 Å². The average molecular weight is 373 g/mol. The van der Waals surface area contributed by atoms with Crippen LogP contribution in [0.3, 0.4) is 0 Å². The van der Waals surface area contributed by atoms with Gasteiger partial charge in [-0.15, -0.1) is 0 Å². The summed E-state index contributed by atoms with van der Waals surface area (Å²) in [6, 6.07) is 8.55. The number of aromatic nitrogens is 1. The molecule has 2 aromatic rings. The molecule has 1 aromatic carbocycles. The number of nitrogens with zero attached hydrogens (tertiary/aromatic N) is 3. The number of amides is 3. The molecular weight excluding hydrogens is 352 g/mol. The summed E-state index contributed by atoms with van der Waals surface area (Å²) in [6.45, 7) is 4.46. The van der Waals surface area contributed by atoms with E-state index < -0.39 is 0 Å². The Labute approximate surface area is 157 Å². The first-order valence-corrected chi connectivity index (χ1v) is 8.92. The van der Waals surface area contributed by atoms with Crippen molar-refractivity contribution in [1.29, 1.82) is 0 Å². The molecule has 0 radical (unpaired) electrons. The van der Waals surface area contributed by atoms with Gasteiger partial charge >= 0.3 is 6.03 Å². The molecule has 26 heavy (non-hydrogen) atoms. The number of carbonyl (C=O) groups is 2. The number of halogens is 1. The smallest absolute Gasteiger partial charge is 0.330 e. The second-order valence-corrected chi connectivity index (χ2v) is 6.60. The van der Waals surface area contributed by atoms with Crippen molar-refractivity contribution in [2.75, 3.05) is 23.4 Å². The van der Waals surface area contributed by atoms with Crippen molar-refractivity contribution < 1.29 is 9.59 Å². The highest BCUT2D eigenvalue weighted by atomic mass is 35.5. The van der Waals surface area contributed by atoms with Gasteiger partial charge in [0.25, 0.3) is 5.91 Å². The third-order valence-electron chi connectivity index (χ3n) is 4.52. The second kappa shape index (κ2) is 7.33. The van der Waals surface area contributed by atoms with Crippen molar-refractivity contribution in [2.24, 2.45) is 0 Å². The van der Waals surface area contributed by atoms with Crippen LogP contribution in [0.15, 0.2) is 36.5 Å². The van der Waals surface area contributed by atoms with Gasteiger partial charge in [0.15, 0.2) is 0 Å². The van der Waals surface area contributed by atoms with Crippen LogP contribution in [0.25, 0.3) is 0 Å². The molecule has 1 atom stereocenters. The molecule has 6 nitrogen and oxygen atoms in total. The maximum Gasteiger partial charge on any atom is 0.330 e. The van der Waals surface area contributed by atoms with E-state index in [0.29, 0.717) is 35.1 Å². The van der Waals surface area contributed by atoms with Gasteiger partial charge in [-0.3, -0.25) is 14.6 Å². The topological polar surface area (TPSA) is 65.5 Å². The van der Waals surface area contributed by atoms with E-state index in [9.17, 15) is 9.59 Å². The minimum atomic E-state index is -0.187. The lowest BCUT2D eigenvalue weighted by Gasteiger charge is -2.22. The first kappa shape index (κ1) is 18.2. The number of nitrogens with one attached hydrogen (secondary N) is 1. The highest BCUT2D eigenvalue weighted by Crippen LogP contribution is 2.32. The van der Waals surface area contributed by atoms with Crippen LogP contribution in [0.2, 0.25) is 5.02 Å². The predicted octanol–water partition coefficient (Wildman–Crippen LogP) is 3.49. The minimum Gasteiger partial charge on any atom is -0.355 e. The molecule has 1 N–H and O–H groups in total. The Kier molecular flexibility index (Phi) is 5.13. The number of carbonyl (C=O) groups excluding carboxylic acids is 2. The number of pyridine rings is 1. The van der Waals surface area contributed by atoms with Gasteiger partial charge in [0.1, 0.15) is 5.82 Å². The maximum absolute atomic E-state index is 13.1. The van der Waals surface area contributed by atoms with Crippen LogP contribution in [-0.4, -0.2) is 36.6 Å². The molecule has 3 rings (SSSR count). The molecule has 0 bridgehead atoms. The summed E-state index contributed by atoms with van der Waals surface area (Å²) in [5.41, 5.74) is 2.06. The van der Waals surface area contributed by atoms with Crippen LogP contribution < -0.4 is 15.1 Å². The average Bonchev–Trinajstić information content (AvgIpc) is 2.95. The molecule has 0 aliphatic carbocycles. The molecule has 3 amide bonds. The predicted molar refractivity (Wildman–Crippen MR) is 103 cm³/mol. The van der Waals surface area contributed by atoms with Crippen LogP contribution in [0.4, 0.5) is 16.3 Å². The zero-order chi connectivity index (χ0) is 18.8. The van der Waals surface area contributed by atoms with Gasteiger partial charge < -0.3 is 5.32 Å². The van der Waals surface area contributed by atoms with E-state index in [1.165, 1.54) is 0 Å². The highest BCUT2D eigenvalue weighted by Gasteiger charge is 2.38. The van der Waals surface area contributed by atoms with E-state index in [4.69, 9.17) is 11.6 Å². The van der Waals surface area contributed by atoms with Crippen molar-refractivity contribution >= 4 is 35.0 Å². The molecule has 0 spiro atoms. The number of urea groups is 1. The Bertz CT molecular complexity index is 855. The second-order valence-electron chi connectivity index (χ2n) is 6.19. The molecule has 1 aliphatic rings. The largest absolute Gasteiger partial charge is 0.355 e. The molecule has 7 heteroatoms. The van der Waals surface area contributed by atoms with Crippen molar-refractivity contribution in [3.63, 3.8) is 0 Å². The van der Waals surface area contributed by atoms with Crippen LogP contribution in [0.1, 0.15) is 29.8 Å². The Morgan fingerprint density at radius 2 is 2.15 bits per heavy atom. The fourth-order valence-corrected chi connectivity index (χ4v) is 3.52. The Hall–Kier alpha value is -2.60. The zero-order valence-electron chi connectivity index (χ0n) is 15.0. The number of hydrogen-bond donors (Lipinski definition) is 1. The first-order chi connectivity index (χ1) is 12.5. The summed E-state index contributed by atoms with van der Waals surface area (Å²) in [7, 11) is 1.58. The summed E-state index contributed by atoms with van der Waals surface area (Å²) >= 11 is 6.28. The van der Waals surface area contributed by atoms with Crippen molar-refractivity contribution in [2.45, 2.75) is 26.3 Å². The third-order valence-corrected chi connectivity index (χ3v) is 4.88. The fourth-order valence-electron chi connectivity index (χ4n) is 3.24. The monoisotopic (exact) mass is 372 g/mol. The molecular formula is C19H21ClN4O2. The Morgan fingerprint density at radius 1 is 1.38 bits per heavy atom. The summed E-state index contributed by atoms with van der Waals surface area (Å²) in [5.74, 6) is 0.412. The first-order valence-electron chi connectivity index (χ1n) is 8.54. The molecule has 0 unspecified atom stereocenters. The van der Waals surface area contributed by atoms with E-state index >= 15 is 0 Å². The quantitative estimate of drug-likeness (QED) is 0.893. The van der Waals surface area contributed by atoms with Gasteiger partial charge in [-0.2, -0.15) is 0 Å². The van der Waals surface area contributed by atoms with Gasteiger partial charge in [0.2, 0.25) is 0 Å². The SMILES string of the molecule is CCc1c(Cl)ccnc1N1C[C@H](C)N(c2cccc(C(=O)NC)c2)C1=O. The fraction of sp³-hybridized carbons (Fsp3) is 0.316. The lowest BCUT2D eigenvalue weighted by molar-refractivity contribution is 0.0963. The summed E-state index contributed by atoms with van der Waals surface area (Å²) in [4.78, 5) is 32.8. The summed E-state index contributed by atoms with van der Waals surface area (Å²) in [6.07, 6.45) is 2.30. The number of anilines is 2. The van der Waals surface area contributed by atoms with Crippen LogP contribution in [0, 0.1) is 0 Å². The Morgan fingerprint density at radius 3 is 2.85 bits per heavy atom. The van der Waals surface area contributed by atoms with E-state index in [0.717, 1.165) is 5.56 Å². The van der Waals surface area contributed by atoms with E-state index in [2.05, 4.69) is 10.3 Å². The normalized spacial score (nSPS) is 16.9. The van der Waals surface area contributed by atoms with Gasteiger partial charge in [-0.1, -0.05) is 24.6 Å². The lowest BCUT2D eigenvalue weighted by atomic mass is 10.1. The van der Waals surface area contributed by atoms with Crippen LogP contribution >= 0.6 is 11.6 Å². The molecule has 0 saturated carbocycles. The highest BCUT2D eigenvalue weighted by molar-refractivity contribution is 6.31. The molecule has 1 aromatic heterocycles. The number of hydrogen-bond acceptors (Lipinski definition) is 3. The van der Waals surface area contributed by atoms with E-state index in [1.807, 2.05) is 19.9 Å². The van der Waals surface area contributed by atoms with Crippen molar-refractivity contribution in [1.82, 2.24) is 10.3 Å². The third kappa shape index (κ3) is 3.12. The van der Waals surface area contributed by atoms with Crippen molar-refractivity contribution in [3.05, 3.63) is 52.7 Å². The van der Waals surface area contributed by atoms with E-state index in [-0.39, 0.29) is 18.0 Å². The summed E-state index contributed by atoms with van der Waals surface area (Å²) in [5, 5.41) is 3.21.